The number of fused-ring (bicyclic) bond motifs is 3. The Hall–Kier alpha value is -2.48. The lowest BCUT2D eigenvalue weighted by atomic mass is 9.83. The maximum Gasteiger partial charge on any atom is 0.471 e. The summed E-state index contributed by atoms with van der Waals surface area (Å²) in [5.41, 5.74) is 6.86. The van der Waals surface area contributed by atoms with Gasteiger partial charge in [-0.1, -0.05) is 32.0 Å². The van der Waals surface area contributed by atoms with E-state index in [1.54, 1.807) is 0 Å². The minimum absolute atomic E-state index is 0.0405. The van der Waals surface area contributed by atoms with Gasteiger partial charge in [0.2, 0.25) is 0 Å². The van der Waals surface area contributed by atoms with Crippen molar-refractivity contribution >= 4 is 16.8 Å². The van der Waals surface area contributed by atoms with Crippen LogP contribution in [-0.2, 0) is 11.2 Å². The standard InChI is InChI=1S/C28H39F3N4O/c1-18(2)17-24-25-21(20-11-4-5-12-22(20)34-25)14-16-35(24)26(19-9-8-10-19)23(32-3)13-6-7-15-33-27(36)28(29,30)31/h4-5,11-12,18,23-24,32,34H,6-10,13-17H2,1-3H3,(H,33,36). The zero-order valence-corrected chi connectivity index (χ0v) is 21.6. The molecule has 5 nitrogen and oxygen atoms in total. The lowest BCUT2D eigenvalue weighted by Crippen LogP contribution is -2.44. The molecule has 8 heteroatoms. The summed E-state index contributed by atoms with van der Waals surface area (Å²) in [6, 6.07) is 8.96. The van der Waals surface area contributed by atoms with E-state index in [-0.39, 0.29) is 18.6 Å². The molecular formula is C28H39F3N4O. The number of H-pyrrole nitrogens is 1. The Balaban J connectivity index is 1.53. The second-order valence-corrected chi connectivity index (χ2v) is 10.6. The molecule has 2 heterocycles. The molecule has 0 saturated heterocycles. The number of likely N-dealkylation sites (N-methyl/N-ethyl adjacent to an activating group) is 1. The smallest absolute Gasteiger partial charge is 0.365 e. The Morgan fingerprint density at radius 1 is 1.17 bits per heavy atom. The third-order valence-corrected chi connectivity index (χ3v) is 7.62. The van der Waals surface area contributed by atoms with Gasteiger partial charge in [-0.3, -0.25) is 4.79 Å². The van der Waals surface area contributed by atoms with E-state index in [9.17, 15) is 18.0 Å². The van der Waals surface area contributed by atoms with Gasteiger partial charge in [-0.2, -0.15) is 13.2 Å². The summed E-state index contributed by atoms with van der Waals surface area (Å²) < 4.78 is 37.4. The molecule has 198 valence electrons. The van der Waals surface area contributed by atoms with Crippen LogP contribution in [0.15, 0.2) is 35.5 Å². The summed E-state index contributed by atoms with van der Waals surface area (Å²) in [5.74, 6) is -1.32. The maximum atomic E-state index is 12.5. The molecule has 1 fully saturated rings. The average molecular weight is 505 g/mol. The zero-order valence-electron chi connectivity index (χ0n) is 21.6. The number of allylic oxidation sites excluding steroid dienone is 1. The monoisotopic (exact) mass is 504 g/mol. The number of unbranched alkanes of at least 4 members (excludes halogenated alkanes) is 1. The van der Waals surface area contributed by atoms with Crippen molar-refractivity contribution < 1.29 is 18.0 Å². The quantitative estimate of drug-likeness (QED) is 0.349. The molecule has 2 unspecified atom stereocenters. The number of benzene rings is 1. The highest BCUT2D eigenvalue weighted by Crippen LogP contribution is 2.43. The van der Waals surface area contributed by atoms with Crippen LogP contribution in [0.5, 0.6) is 0 Å². The minimum atomic E-state index is -4.82. The Kier molecular flexibility index (Phi) is 8.33. The molecule has 1 aromatic heterocycles. The van der Waals surface area contributed by atoms with Gasteiger partial charge in [-0.15, -0.1) is 0 Å². The first kappa shape index (κ1) is 26.6. The molecule has 1 aliphatic carbocycles. The summed E-state index contributed by atoms with van der Waals surface area (Å²) in [6.45, 7) is 5.55. The van der Waals surface area contributed by atoms with E-state index in [0.29, 0.717) is 12.3 Å². The van der Waals surface area contributed by atoms with Crippen molar-refractivity contribution in [3.8, 4) is 0 Å². The normalized spacial score (nSPS) is 18.8. The fraction of sp³-hybridized carbons (Fsp3) is 0.607. The molecule has 2 aromatic rings. The van der Waals surface area contributed by atoms with Crippen LogP contribution >= 0.6 is 0 Å². The first-order valence-corrected chi connectivity index (χ1v) is 13.3. The number of aromatic amines is 1. The molecule has 0 spiro atoms. The van der Waals surface area contributed by atoms with Gasteiger partial charge in [0.25, 0.3) is 0 Å². The highest BCUT2D eigenvalue weighted by atomic mass is 19.4. The number of halogens is 3. The van der Waals surface area contributed by atoms with Crippen LogP contribution in [-0.4, -0.2) is 48.1 Å². The van der Waals surface area contributed by atoms with Crippen molar-refractivity contribution in [2.24, 2.45) is 5.92 Å². The molecule has 36 heavy (non-hydrogen) atoms. The number of nitrogens with zero attached hydrogens (tertiary/aromatic N) is 1. The van der Waals surface area contributed by atoms with Crippen LogP contribution in [0.2, 0.25) is 0 Å². The third kappa shape index (κ3) is 5.74. The number of alkyl halides is 3. The molecule has 3 N–H and O–H groups in total. The maximum absolute atomic E-state index is 12.5. The van der Waals surface area contributed by atoms with Gasteiger partial charge in [0, 0.05) is 41.4 Å². The van der Waals surface area contributed by atoms with Gasteiger partial charge in [-0.05, 0) is 81.5 Å². The molecule has 2 aliphatic rings. The zero-order chi connectivity index (χ0) is 25.9. The van der Waals surface area contributed by atoms with Crippen molar-refractivity contribution in [3.63, 3.8) is 0 Å². The summed E-state index contributed by atoms with van der Waals surface area (Å²) in [5, 5.41) is 6.84. The highest BCUT2D eigenvalue weighted by Gasteiger charge is 2.38. The van der Waals surface area contributed by atoms with Crippen molar-refractivity contribution in [2.75, 3.05) is 20.1 Å². The summed E-state index contributed by atoms with van der Waals surface area (Å²) in [6.07, 6.45) is 2.72. The van der Waals surface area contributed by atoms with E-state index in [1.165, 1.54) is 39.9 Å². The van der Waals surface area contributed by atoms with Crippen molar-refractivity contribution in [1.82, 2.24) is 20.5 Å². The second kappa shape index (κ2) is 11.3. The number of aromatic nitrogens is 1. The number of hydrogen-bond donors (Lipinski definition) is 3. The van der Waals surface area contributed by atoms with Crippen molar-refractivity contribution in [2.45, 2.75) is 83.5 Å². The fourth-order valence-corrected chi connectivity index (χ4v) is 5.75. The van der Waals surface area contributed by atoms with E-state index in [2.05, 4.69) is 53.3 Å². The second-order valence-electron chi connectivity index (χ2n) is 10.6. The summed E-state index contributed by atoms with van der Waals surface area (Å²) in [4.78, 5) is 17.5. The molecule has 1 aromatic carbocycles. The van der Waals surface area contributed by atoms with Gasteiger partial charge in [0.05, 0.1) is 6.04 Å². The predicted molar refractivity (Wildman–Crippen MR) is 138 cm³/mol. The Labute approximate surface area is 211 Å². The SMILES string of the molecule is CNC(CCCCNC(=O)C(F)(F)F)C(=C1CCC1)N1CCc2c([nH]c3ccccc23)C1CC(C)C. The summed E-state index contributed by atoms with van der Waals surface area (Å²) in [7, 11) is 1.98. The van der Waals surface area contributed by atoms with E-state index in [0.717, 1.165) is 45.1 Å². The van der Waals surface area contributed by atoms with Crippen molar-refractivity contribution in [3.05, 3.63) is 46.8 Å². The van der Waals surface area contributed by atoms with Crippen LogP contribution in [0.3, 0.4) is 0 Å². The van der Waals surface area contributed by atoms with E-state index >= 15 is 0 Å². The number of hydrogen-bond acceptors (Lipinski definition) is 3. The van der Waals surface area contributed by atoms with Gasteiger partial charge >= 0.3 is 12.1 Å². The van der Waals surface area contributed by atoms with E-state index in [4.69, 9.17) is 0 Å². The number of rotatable bonds is 10. The molecule has 1 aliphatic heterocycles. The lowest BCUT2D eigenvalue weighted by molar-refractivity contribution is -0.173. The number of nitrogens with one attached hydrogen (secondary N) is 3. The largest absolute Gasteiger partial charge is 0.471 e. The molecule has 0 bridgehead atoms. The number of carbonyl (C=O) groups excluding carboxylic acids is 1. The number of amides is 1. The van der Waals surface area contributed by atoms with Crippen LogP contribution in [0.25, 0.3) is 10.9 Å². The summed E-state index contributed by atoms with van der Waals surface area (Å²) >= 11 is 0. The molecule has 1 amide bonds. The first-order valence-electron chi connectivity index (χ1n) is 13.3. The molecule has 4 rings (SSSR count). The topological polar surface area (TPSA) is 60.2 Å². The average Bonchev–Trinajstić information content (AvgIpc) is 3.17. The molecule has 2 atom stereocenters. The first-order chi connectivity index (χ1) is 17.2. The minimum Gasteiger partial charge on any atom is -0.365 e. The Morgan fingerprint density at radius 2 is 1.92 bits per heavy atom. The predicted octanol–water partition coefficient (Wildman–Crippen LogP) is 5.99. The molecular weight excluding hydrogens is 465 g/mol. The van der Waals surface area contributed by atoms with Gasteiger partial charge in [0.15, 0.2) is 0 Å². The van der Waals surface area contributed by atoms with Crippen LogP contribution in [0.1, 0.15) is 76.1 Å². The fourth-order valence-electron chi connectivity index (χ4n) is 5.75. The van der Waals surface area contributed by atoms with E-state index < -0.39 is 12.1 Å². The van der Waals surface area contributed by atoms with Crippen LogP contribution in [0.4, 0.5) is 13.2 Å². The van der Waals surface area contributed by atoms with Gasteiger partial charge in [-0.25, -0.2) is 0 Å². The molecule has 1 saturated carbocycles. The van der Waals surface area contributed by atoms with E-state index in [1.807, 2.05) is 12.4 Å². The Bertz CT molecular complexity index is 1080. The van der Waals surface area contributed by atoms with Crippen LogP contribution < -0.4 is 10.6 Å². The van der Waals surface area contributed by atoms with Crippen LogP contribution in [0, 0.1) is 5.92 Å². The third-order valence-electron chi connectivity index (χ3n) is 7.62. The van der Waals surface area contributed by atoms with Gasteiger partial charge < -0.3 is 20.5 Å². The highest BCUT2D eigenvalue weighted by molar-refractivity contribution is 5.85. The lowest BCUT2D eigenvalue weighted by Gasteiger charge is -2.45. The van der Waals surface area contributed by atoms with Crippen molar-refractivity contribution in [1.29, 1.82) is 0 Å². The number of para-hydroxylation sites is 1. The molecule has 0 radical (unpaired) electrons. The Morgan fingerprint density at radius 3 is 2.56 bits per heavy atom. The van der Waals surface area contributed by atoms with Gasteiger partial charge in [0.1, 0.15) is 0 Å². The number of carbonyl (C=O) groups is 1.